The lowest BCUT2D eigenvalue weighted by Crippen LogP contribution is -1.93. The molecule has 4 nitrogen and oxygen atoms in total. The summed E-state index contributed by atoms with van der Waals surface area (Å²) in [6, 6.07) is 7.66. The third-order valence-corrected chi connectivity index (χ3v) is 4.29. The van der Waals surface area contributed by atoms with E-state index in [4.69, 9.17) is 32.7 Å². The van der Waals surface area contributed by atoms with Crippen LogP contribution in [0.3, 0.4) is 0 Å². The van der Waals surface area contributed by atoms with Crippen molar-refractivity contribution < 1.29 is 17.9 Å². The smallest absolute Gasteiger partial charge is 0.172 e. The van der Waals surface area contributed by atoms with Crippen LogP contribution in [0.1, 0.15) is 0 Å². The van der Waals surface area contributed by atoms with E-state index in [2.05, 4.69) is 15.9 Å². The highest BCUT2D eigenvalue weighted by Crippen LogP contribution is 2.39. The summed E-state index contributed by atoms with van der Waals surface area (Å²) in [4.78, 5) is 0.0226. The van der Waals surface area contributed by atoms with Crippen molar-refractivity contribution in [3.05, 3.63) is 44.8 Å². The molecule has 2 rings (SSSR count). The summed E-state index contributed by atoms with van der Waals surface area (Å²) in [7, 11) is -1.42. The summed E-state index contributed by atoms with van der Waals surface area (Å²) in [6.07, 6.45) is 0. The molecule has 0 fully saturated rings. The molecule has 0 saturated carbocycles. The van der Waals surface area contributed by atoms with Crippen LogP contribution in [0.25, 0.3) is 0 Å². The van der Waals surface area contributed by atoms with Crippen molar-refractivity contribution >= 4 is 49.8 Å². The van der Waals surface area contributed by atoms with E-state index in [1.807, 2.05) is 0 Å². The molecule has 0 aromatic heterocycles. The van der Waals surface area contributed by atoms with Crippen LogP contribution < -0.4 is 9.47 Å². The minimum absolute atomic E-state index is 0.0226. The Kier molecular flexibility index (Phi) is 5.37. The lowest BCUT2D eigenvalue weighted by Gasteiger charge is -2.11. The lowest BCUT2D eigenvalue weighted by molar-refractivity contribution is 0.400. The van der Waals surface area contributed by atoms with E-state index in [0.717, 1.165) is 0 Å². The van der Waals surface area contributed by atoms with E-state index in [-0.39, 0.29) is 22.1 Å². The van der Waals surface area contributed by atoms with Crippen molar-refractivity contribution in [1.29, 1.82) is 0 Å². The lowest BCUT2D eigenvalue weighted by atomic mass is 10.3. The Morgan fingerprint density at radius 3 is 2.24 bits per heavy atom. The fourth-order valence-corrected chi connectivity index (χ4v) is 3.48. The molecular weight excluding hydrogens is 403 g/mol. The Labute approximate surface area is 141 Å². The Morgan fingerprint density at radius 2 is 1.71 bits per heavy atom. The van der Waals surface area contributed by atoms with Crippen LogP contribution in [0.4, 0.5) is 0 Å². The summed E-state index contributed by atoms with van der Waals surface area (Å²) >= 11 is 15.4. The second-order valence-electron chi connectivity index (χ2n) is 3.89. The molecule has 0 aliphatic carbocycles. The zero-order chi connectivity index (χ0) is 15.6. The number of benzene rings is 2. The summed E-state index contributed by atoms with van der Waals surface area (Å²) in [5.74, 6) is 0.779. The number of rotatable bonds is 4. The van der Waals surface area contributed by atoms with Gasteiger partial charge in [0.1, 0.15) is 16.4 Å². The number of halogens is 3. The van der Waals surface area contributed by atoms with Crippen LogP contribution >= 0.6 is 39.1 Å². The van der Waals surface area contributed by atoms with Gasteiger partial charge in [-0.3, -0.25) is 0 Å². The van der Waals surface area contributed by atoms with Crippen LogP contribution in [-0.2, 0) is 10.7 Å². The Balaban J connectivity index is 2.43. The fourth-order valence-electron chi connectivity index (χ4n) is 1.62. The molecule has 21 heavy (non-hydrogen) atoms. The summed E-state index contributed by atoms with van der Waals surface area (Å²) in [5, 5.41) is 0.608. The van der Waals surface area contributed by atoms with Gasteiger partial charge in [-0.1, -0.05) is 39.1 Å². The molecule has 0 spiro atoms. The van der Waals surface area contributed by atoms with Gasteiger partial charge in [-0.2, -0.15) is 0 Å². The number of hydrogen-bond acceptors (Lipinski definition) is 4. The molecule has 0 atom stereocenters. The van der Waals surface area contributed by atoms with Crippen LogP contribution in [0, 0.1) is 0 Å². The minimum atomic E-state index is -2.81. The quantitative estimate of drug-likeness (QED) is 0.751. The van der Waals surface area contributed by atoms with Gasteiger partial charge < -0.3 is 9.47 Å². The van der Waals surface area contributed by atoms with Gasteiger partial charge in [0.25, 0.3) is 0 Å². The molecule has 0 aliphatic rings. The van der Waals surface area contributed by atoms with Crippen molar-refractivity contribution in [2.45, 2.75) is 4.90 Å². The van der Waals surface area contributed by atoms with Gasteiger partial charge >= 0.3 is 0 Å². The minimum Gasteiger partial charge on any atom is -0.495 e. The van der Waals surface area contributed by atoms with E-state index < -0.39 is 10.7 Å². The van der Waals surface area contributed by atoms with Crippen LogP contribution in [-0.4, -0.2) is 15.5 Å². The third kappa shape index (κ3) is 3.83. The molecule has 0 unspecified atom stereocenters. The Morgan fingerprint density at radius 1 is 1.10 bits per heavy atom. The number of methoxy groups -OCH3 is 1. The maximum absolute atomic E-state index is 11.2. The highest BCUT2D eigenvalue weighted by atomic mass is 79.9. The highest BCUT2D eigenvalue weighted by molar-refractivity contribution is 9.10. The van der Waals surface area contributed by atoms with E-state index in [9.17, 15) is 8.42 Å². The first-order chi connectivity index (χ1) is 9.92. The zero-order valence-electron chi connectivity index (χ0n) is 10.6. The normalized spacial score (nSPS) is 10.7. The van der Waals surface area contributed by atoms with Gasteiger partial charge in [0.15, 0.2) is 16.5 Å². The SMILES string of the molecule is COc1ccc(Oc2c(Cl)cc(Br)cc2Cl)cc1[SH](=O)=O. The van der Waals surface area contributed by atoms with E-state index in [1.165, 1.54) is 19.2 Å². The predicted molar refractivity (Wildman–Crippen MR) is 85.8 cm³/mol. The first kappa shape index (κ1) is 16.4. The zero-order valence-corrected chi connectivity index (χ0v) is 14.6. The molecule has 2 aromatic carbocycles. The summed E-state index contributed by atoms with van der Waals surface area (Å²) in [6.45, 7) is 0. The van der Waals surface area contributed by atoms with Gasteiger partial charge in [-0.15, -0.1) is 0 Å². The molecule has 0 amide bonds. The number of ether oxygens (including phenoxy) is 2. The maximum Gasteiger partial charge on any atom is 0.172 e. The number of thiol groups is 1. The second-order valence-corrected chi connectivity index (χ2v) is 6.62. The first-order valence-corrected chi connectivity index (χ1v) is 8.30. The van der Waals surface area contributed by atoms with E-state index in [0.29, 0.717) is 14.5 Å². The molecule has 0 bridgehead atoms. The van der Waals surface area contributed by atoms with Crippen molar-refractivity contribution in [3.63, 3.8) is 0 Å². The molecule has 2 aromatic rings. The summed E-state index contributed by atoms with van der Waals surface area (Å²) < 4.78 is 33.7. The van der Waals surface area contributed by atoms with Crippen molar-refractivity contribution in [1.82, 2.24) is 0 Å². The second kappa shape index (κ2) is 6.87. The standard InChI is InChI=1S/C13H9BrCl2O4S/c1-19-11-3-2-8(6-12(11)21(17)18)20-13-9(15)4-7(14)5-10(13)16/h2-6,21H,1H3. The molecule has 0 radical (unpaired) electrons. The van der Waals surface area contributed by atoms with Gasteiger partial charge in [0.05, 0.1) is 17.2 Å². The van der Waals surface area contributed by atoms with E-state index >= 15 is 0 Å². The van der Waals surface area contributed by atoms with Gasteiger partial charge in [0.2, 0.25) is 0 Å². The van der Waals surface area contributed by atoms with Gasteiger partial charge in [0, 0.05) is 10.5 Å². The van der Waals surface area contributed by atoms with Gasteiger partial charge in [-0.25, -0.2) is 8.42 Å². The largest absolute Gasteiger partial charge is 0.495 e. The van der Waals surface area contributed by atoms with Crippen molar-refractivity contribution in [3.8, 4) is 17.2 Å². The maximum atomic E-state index is 11.2. The Bertz CT molecular complexity index is 731. The van der Waals surface area contributed by atoms with Crippen LogP contribution in [0.2, 0.25) is 10.0 Å². The Hall–Kier alpha value is -0.950. The topological polar surface area (TPSA) is 52.6 Å². The number of hydrogen-bond donors (Lipinski definition) is 1. The average molecular weight is 412 g/mol. The van der Waals surface area contributed by atoms with Crippen molar-refractivity contribution in [2.24, 2.45) is 0 Å². The third-order valence-electron chi connectivity index (χ3n) is 2.53. The average Bonchev–Trinajstić information content (AvgIpc) is 2.42. The van der Waals surface area contributed by atoms with Crippen LogP contribution in [0.5, 0.6) is 17.2 Å². The summed E-state index contributed by atoms with van der Waals surface area (Å²) in [5.41, 5.74) is 0. The van der Waals surface area contributed by atoms with Gasteiger partial charge in [-0.05, 0) is 24.3 Å². The molecule has 0 heterocycles. The highest BCUT2D eigenvalue weighted by Gasteiger charge is 2.13. The first-order valence-electron chi connectivity index (χ1n) is 5.57. The molecule has 112 valence electrons. The molecule has 0 N–H and O–H groups in total. The van der Waals surface area contributed by atoms with Crippen LogP contribution in [0.15, 0.2) is 39.7 Å². The molecule has 0 saturated heterocycles. The predicted octanol–water partition coefficient (Wildman–Crippen LogP) is 4.53. The monoisotopic (exact) mass is 410 g/mol. The molecular formula is C13H9BrCl2O4S. The van der Waals surface area contributed by atoms with Crippen molar-refractivity contribution in [2.75, 3.05) is 7.11 Å². The van der Waals surface area contributed by atoms with E-state index in [1.54, 1.807) is 18.2 Å². The fraction of sp³-hybridized carbons (Fsp3) is 0.0769. The molecule has 8 heteroatoms. The molecule has 0 aliphatic heterocycles.